The number of carbonyl (C=O) groups is 1. The molecule has 0 saturated heterocycles. The summed E-state index contributed by atoms with van der Waals surface area (Å²) in [4.78, 5) is 10.9. The first-order valence-corrected chi connectivity index (χ1v) is 6.19. The molecule has 6 heteroatoms. The molecule has 3 rings (SSSR count). The second-order valence-corrected chi connectivity index (χ2v) is 4.87. The first-order chi connectivity index (χ1) is 8.65. The van der Waals surface area contributed by atoms with Crippen molar-refractivity contribution in [1.82, 2.24) is 9.78 Å². The Labute approximate surface area is 111 Å². The van der Waals surface area contributed by atoms with Gasteiger partial charge in [0, 0.05) is 28.2 Å². The minimum absolute atomic E-state index is 0.498. The van der Waals surface area contributed by atoms with E-state index in [9.17, 15) is 4.79 Å². The Kier molecular flexibility index (Phi) is 2.59. The van der Waals surface area contributed by atoms with Crippen LogP contribution in [0.2, 0.25) is 0 Å². The number of hydrogen-bond acceptors (Lipinski definition) is 3. The second kappa shape index (κ2) is 4.13. The van der Waals surface area contributed by atoms with Crippen LogP contribution in [0.3, 0.4) is 0 Å². The van der Waals surface area contributed by atoms with Gasteiger partial charge in [0.15, 0.2) is 0 Å². The average molecular weight is 309 g/mol. The van der Waals surface area contributed by atoms with Crippen molar-refractivity contribution in [3.05, 3.63) is 34.6 Å². The van der Waals surface area contributed by atoms with Crippen LogP contribution in [0.1, 0.15) is 5.69 Å². The molecule has 0 atom stereocenters. The highest BCUT2D eigenvalue weighted by Crippen LogP contribution is 2.36. The molecule has 0 amide bonds. The molecule has 1 aliphatic rings. The zero-order valence-electron chi connectivity index (χ0n) is 9.26. The molecule has 1 aromatic carbocycles. The molecule has 18 heavy (non-hydrogen) atoms. The Morgan fingerprint density at radius 3 is 3.06 bits per heavy atom. The Hall–Kier alpha value is -1.82. The number of carboxylic acid groups (broad SMARTS) is 1. The molecule has 0 bridgehead atoms. The number of hydrogen-bond donors (Lipinski definition) is 1. The van der Waals surface area contributed by atoms with E-state index in [2.05, 4.69) is 21.0 Å². The average Bonchev–Trinajstić information content (AvgIpc) is 2.68. The summed E-state index contributed by atoms with van der Waals surface area (Å²) < 4.78 is 7.49. The van der Waals surface area contributed by atoms with Gasteiger partial charge in [-0.1, -0.05) is 15.9 Å². The normalized spacial score (nSPS) is 13.2. The maximum Gasteiger partial charge on any atom is 0.432 e. The lowest BCUT2D eigenvalue weighted by Gasteiger charge is -2.06. The predicted octanol–water partition coefficient (Wildman–Crippen LogP) is 2.77. The number of rotatable bonds is 0. The first kappa shape index (κ1) is 11.3. The highest BCUT2D eigenvalue weighted by molar-refractivity contribution is 9.10. The highest BCUT2D eigenvalue weighted by atomic mass is 79.9. The van der Waals surface area contributed by atoms with E-state index in [1.807, 2.05) is 18.2 Å². The Morgan fingerprint density at radius 1 is 1.44 bits per heavy atom. The van der Waals surface area contributed by atoms with E-state index >= 15 is 0 Å². The molecule has 1 aromatic heterocycles. The molecule has 5 nitrogen and oxygen atoms in total. The van der Waals surface area contributed by atoms with Gasteiger partial charge in [-0.15, -0.1) is 0 Å². The topological polar surface area (TPSA) is 64.3 Å². The van der Waals surface area contributed by atoms with Crippen LogP contribution in [0, 0.1) is 0 Å². The molecule has 0 fully saturated rings. The van der Waals surface area contributed by atoms with Crippen molar-refractivity contribution in [2.45, 2.75) is 6.42 Å². The zero-order chi connectivity index (χ0) is 12.7. The van der Waals surface area contributed by atoms with Crippen LogP contribution in [0.4, 0.5) is 4.79 Å². The summed E-state index contributed by atoms with van der Waals surface area (Å²) in [5.41, 5.74) is 2.42. The zero-order valence-corrected chi connectivity index (χ0v) is 10.8. The van der Waals surface area contributed by atoms with Gasteiger partial charge in [0.05, 0.1) is 12.3 Å². The molecule has 0 unspecified atom stereocenters. The maximum absolute atomic E-state index is 10.9. The van der Waals surface area contributed by atoms with Gasteiger partial charge in [0.1, 0.15) is 5.75 Å². The van der Waals surface area contributed by atoms with Gasteiger partial charge in [0.25, 0.3) is 0 Å². The van der Waals surface area contributed by atoms with E-state index < -0.39 is 6.09 Å². The summed E-state index contributed by atoms with van der Waals surface area (Å²) in [6, 6.07) is 5.67. The van der Waals surface area contributed by atoms with Crippen molar-refractivity contribution in [1.29, 1.82) is 0 Å². The minimum Gasteiger partial charge on any atom is -0.493 e. The fourth-order valence-corrected chi connectivity index (χ4v) is 2.37. The molecule has 1 aliphatic heterocycles. The SMILES string of the molecule is O=C(O)n1cc2c(n1)CCOc1ccc(Br)cc1-2. The van der Waals surface area contributed by atoms with Crippen LogP contribution in [-0.2, 0) is 6.42 Å². The number of halogens is 1. The fraction of sp³-hybridized carbons (Fsp3) is 0.167. The number of nitrogens with zero attached hydrogens (tertiary/aromatic N) is 2. The summed E-state index contributed by atoms with van der Waals surface area (Å²) in [6.07, 6.45) is 1.04. The third-order valence-corrected chi connectivity index (χ3v) is 3.31. The first-order valence-electron chi connectivity index (χ1n) is 5.40. The molecule has 0 radical (unpaired) electrons. The van der Waals surface area contributed by atoms with Crippen LogP contribution in [0.15, 0.2) is 28.9 Å². The van der Waals surface area contributed by atoms with E-state index in [1.165, 1.54) is 6.20 Å². The van der Waals surface area contributed by atoms with Crippen molar-refractivity contribution >= 4 is 22.0 Å². The Bertz CT molecular complexity index is 636. The van der Waals surface area contributed by atoms with Crippen molar-refractivity contribution in [3.8, 4) is 16.9 Å². The van der Waals surface area contributed by atoms with Gasteiger partial charge in [-0.2, -0.15) is 9.78 Å². The minimum atomic E-state index is -1.08. The lowest BCUT2D eigenvalue weighted by molar-refractivity contribution is 0.192. The van der Waals surface area contributed by atoms with Gasteiger partial charge in [-0.25, -0.2) is 4.79 Å². The molecule has 2 aromatic rings. The van der Waals surface area contributed by atoms with Gasteiger partial charge in [-0.3, -0.25) is 0 Å². The molecule has 0 saturated carbocycles. The quantitative estimate of drug-likeness (QED) is 0.813. The molecule has 1 N–H and O–H groups in total. The number of ether oxygens (including phenoxy) is 1. The number of fused-ring (bicyclic) bond motifs is 3. The van der Waals surface area contributed by atoms with Crippen molar-refractivity contribution in [2.75, 3.05) is 6.61 Å². The summed E-state index contributed by atoms with van der Waals surface area (Å²) in [5, 5.41) is 13.0. The van der Waals surface area contributed by atoms with Crippen LogP contribution >= 0.6 is 15.9 Å². The lowest BCUT2D eigenvalue weighted by atomic mass is 10.1. The number of aromatic nitrogens is 2. The maximum atomic E-state index is 10.9. The summed E-state index contributed by atoms with van der Waals surface area (Å²) in [6.45, 7) is 0.498. The van der Waals surface area contributed by atoms with Gasteiger partial charge in [-0.05, 0) is 18.2 Å². The van der Waals surface area contributed by atoms with Crippen LogP contribution in [-0.4, -0.2) is 27.6 Å². The Morgan fingerprint density at radius 2 is 2.28 bits per heavy atom. The van der Waals surface area contributed by atoms with Crippen molar-refractivity contribution < 1.29 is 14.6 Å². The van der Waals surface area contributed by atoms with Crippen molar-refractivity contribution in [3.63, 3.8) is 0 Å². The monoisotopic (exact) mass is 308 g/mol. The van der Waals surface area contributed by atoms with Gasteiger partial charge >= 0.3 is 6.09 Å². The molecule has 92 valence electrons. The summed E-state index contributed by atoms with van der Waals surface area (Å²) in [5.74, 6) is 0.752. The van der Waals surface area contributed by atoms with E-state index in [-0.39, 0.29) is 0 Å². The largest absolute Gasteiger partial charge is 0.493 e. The van der Waals surface area contributed by atoms with Crippen LogP contribution < -0.4 is 4.74 Å². The van der Waals surface area contributed by atoms with E-state index in [4.69, 9.17) is 9.84 Å². The molecular weight excluding hydrogens is 300 g/mol. The standard InChI is InChI=1S/C12H9BrN2O3/c13-7-1-2-11-8(5-7)9-6-15(12(16)17)14-10(9)3-4-18-11/h1-2,5-6H,3-4H2,(H,16,17). The van der Waals surface area contributed by atoms with Crippen LogP contribution in [0.5, 0.6) is 5.75 Å². The van der Waals surface area contributed by atoms with Gasteiger partial charge in [0.2, 0.25) is 0 Å². The van der Waals surface area contributed by atoms with Crippen LogP contribution in [0.25, 0.3) is 11.1 Å². The van der Waals surface area contributed by atoms with E-state index in [0.29, 0.717) is 13.0 Å². The summed E-state index contributed by atoms with van der Waals surface area (Å²) >= 11 is 3.40. The third kappa shape index (κ3) is 1.78. The molecule has 2 heterocycles. The second-order valence-electron chi connectivity index (χ2n) is 3.96. The van der Waals surface area contributed by atoms with Crippen molar-refractivity contribution in [2.24, 2.45) is 0 Å². The fourth-order valence-electron chi connectivity index (χ4n) is 2.01. The van der Waals surface area contributed by atoms with Gasteiger partial charge < -0.3 is 9.84 Å². The highest BCUT2D eigenvalue weighted by Gasteiger charge is 2.20. The molecule has 0 spiro atoms. The predicted molar refractivity (Wildman–Crippen MR) is 68.0 cm³/mol. The summed E-state index contributed by atoms with van der Waals surface area (Å²) in [7, 11) is 0. The van der Waals surface area contributed by atoms with E-state index in [0.717, 1.165) is 31.7 Å². The smallest absolute Gasteiger partial charge is 0.432 e. The van der Waals surface area contributed by atoms with E-state index in [1.54, 1.807) is 0 Å². The molecular formula is C12H9BrN2O3. The molecule has 0 aliphatic carbocycles. The third-order valence-electron chi connectivity index (χ3n) is 2.81. The Balaban J connectivity index is 2.22. The lowest BCUT2D eigenvalue weighted by Crippen LogP contribution is -2.09. The number of benzene rings is 1.